The molecule has 1 aliphatic carbocycles. The molecule has 3 aromatic carbocycles. The molecular formula is C25H24N2O3. The molecule has 0 saturated heterocycles. The third kappa shape index (κ3) is 5.06. The lowest BCUT2D eigenvalue weighted by molar-refractivity contribution is 0.102. The Morgan fingerprint density at radius 2 is 1.57 bits per heavy atom. The molecule has 3 N–H and O–H groups in total. The molecular weight excluding hydrogens is 376 g/mol. The second kappa shape index (κ2) is 8.82. The highest BCUT2D eigenvalue weighted by Gasteiger charge is 2.39. The topological polar surface area (TPSA) is 78.4 Å². The fourth-order valence-electron chi connectivity index (χ4n) is 3.70. The first-order valence-corrected chi connectivity index (χ1v) is 10.1. The summed E-state index contributed by atoms with van der Waals surface area (Å²) in [6, 6.07) is 25.6. The van der Waals surface area contributed by atoms with E-state index in [2.05, 4.69) is 22.8 Å². The third-order valence-corrected chi connectivity index (χ3v) is 5.43. The standard InChI is InChI=1S/C25H24N2O3/c28-24(20-8-4-7-18(15-20)10-9-17-5-2-1-3-6-17)26-21-13-11-19(12-14-21)22-16-23(22)27-25(29)30/h1-8,11-15,22-23,27H,9-10,16H2,(H,26,28)(H,29,30). The quantitative estimate of drug-likeness (QED) is 0.531. The van der Waals surface area contributed by atoms with Gasteiger partial charge in [-0.1, -0.05) is 54.6 Å². The Balaban J connectivity index is 1.34. The molecule has 2 unspecified atom stereocenters. The highest BCUT2D eigenvalue weighted by molar-refractivity contribution is 6.04. The van der Waals surface area contributed by atoms with Crippen molar-refractivity contribution in [3.05, 3.63) is 101 Å². The second-order valence-electron chi connectivity index (χ2n) is 7.66. The number of carbonyl (C=O) groups is 2. The first-order valence-electron chi connectivity index (χ1n) is 10.1. The molecule has 5 heteroatoms. The van der Waals surface area contributed by atoms with Crippen molar-refractivity contribution in [1.82, 2.24) is 5.32 Å². The molecule has 0 bridgehead atoms. The van der Waals surface area contributed by atoms with Crippen LogP contribution >= 0.6 is 0 Å². The number of aryl methyl sites for hydroxylation is 2. The van der Waals surface area contributed by atoms with Crippen LogP contribution in [-0.2, 0) is 12.8 Å². The minimum Gasteiger partial charge on any atom is -0.465 e. The van der Waals surface area contributed by atoms with Crippen LogP contribution in [-0.4, -0.2) is 23.1 Å². The molecule has 0 spiro atoms. The van der Waals surface area contributed by atoms with E-state index in [0.29, 0.717) is 5.56 Å². The molecule has 30 heavy (non-hydrogen) atoms. The number of benzene rings is 3. The van der Waals surface area contributed by atoms with Crippen molar-refractivity contribution < 1.29 is 14.7 Å². The molecule has 0 heterocycles. The van der Waals surface area contributed by atoms with Gasteiger partial charge in [-0.25, -0.2) is 4.79 Å². The number of rotatable bonds is 7. The number of carbonyl (C=O) groups excluding carboxylic acids is 1. The van der Waals surface area contributed by atoms with Crippen LogP contribution in [0.15, 0.2) is 78.9 Å². The smallest absolute Gasteiger partial charge is 0.404 e. The van der Waals surface area contributed by atoms with E-state index in [4.69, 9.17) is 5.11 Å². The summed E-state index contributed by atoms with van der Waals surface area (Å²) in [5.41, 5.74) is 4.85. The summed E-state index contributed by atoms with van der Waals surface area (Å²) in [4.78, 5) is 23.4. The van der Waals surface area contributed by atoms with Crippen molar-refractivity contribution in [2.45, 2.75) is 31.2 Å². The molecule has 1 fully saturated rings. The molecule has 5 nitrogen and oxygen atoms in total. The largest absolute Gasteiger partial charge is 0.465 e. The summed E-state index contributed by atoms with van der Waals surface area (Å²) in [6.45, 7) is 0. The van der Waals surface area contributed by atoms with Gasteiger partial charge in [0.1, 0.15) is 0 Å². The molecule has 1 aliphatic rings. The zero-order chi connectivity index (χ0) is 20.9. The van der Waals surface area contributed by atoms with Crippen molar-refractivity contribution in [3.63, 3.8) is 0 Å². The Kier molecular flexibility index (Phi) is 5.80. The first-order chi connectivity index (χ1) is 14.6. The van der Waals surface area contributed by atoms with Gasteiger partial charge in [-0.3, -0.25) is 4.79 Å². The van der Waals surface area contributed by atoms with Crippen LogP contribution in [0.2, 0.25) is 0 Å². The Bertz CT molecular complexity index is 1030. The van der Waals surface area contributed by atoms with Crippen molar-refractivity contribution in [2.24, 2.45) is 0 Å². The fraction of sp³-hybridized carbons (Fsp3) is 0.200. The summed E-state index contributed by atoms with van der Waals surface area (Å²) in [5.74, 6) is 0.0771. The summed E-state index contributed by atoms with van der Waals surface area (Å²) >= 11 is 0. The maximum Gasteiger partial charge on any atom is 0.404 e. The number of amides is 2. The molecule has 0 radical (unpaired) electrons. The predicted octanol–water partition coefficient (Wildman–Crippen LogP) is 4.85. The molecule has 152 valence electrons. The lowest BCUT2D eigenvalue weighted by Crippen LogP contribution is -2.24. The van der Waals surface area contributed by atoms with Crippen LogP contribution in [0, 0.1) is 0 Å². The van der Waals surface area contributed by atoms with Gasteiger partial charge in [-0.05, 0) is 60.2 Å². The molecule has 0 aromatic heterocycles. The van der Waals surface area contributed by atoms with Gasteiger partial charge >= 0.3 is 6.09 Å². The van der Waals surface area contributed by atoms with E-state index in [1.165, 1.54) is 5.56 Å². The summed E-state index contributed by atoms with van der Waals surface area (Å²) in [7, 11) is 0. The van der Waals surface area contributed by atoms with Crippen LogP contribution in [0.25, 0.3) is 0 Å². The zero-order valence-electron chi connectivity index (χ0n) is 16.5. The SMILES string of the molecule is O=C(O)NC1CC1c1ccc(NC(=O)c2cccc(CCc3ccccc3)c2)cc1. The van der Waals surface area contributed by atoms with Gasteiger partial charge in [0, 0.05) is 23.2 Å². The average Bonchev–Trinajstić information content (AvgIpc) is 3.52. The number of hydrogen-bond acceptors (Lipinski definition) is 2. The van der Waals surface area contributed by atoms with Crippen LogP contribution < -0.4 is 10.6 Å². The maximum atomic E-state index is 12.7. The second-order valence-corrected chi connectivity index (χ2v) is 7.66. The summed E-state index contributed by atoms with van der Waals surface area (Å²) < 4.78 is 0. The van der Waals surface area contributed by atoms with Crippen LogP contribution in [0.5, 0.6) is 0 Å². The Hall–Kier alpha value is -3.60. The van der Waals surface area contributed by atoms with Gasteiger partial charge in [-0.15, -0.1) is 0 Å². The van der Waals surface area contributed by atoms with Crippen LogP contribution in [0.3, 0.4) is 0 Å². The van der Waals surface area contributed by atoms with Crippen molar-refractivity contribution in [2.75, 3.05) is 5.32 Å². The van der Waals surface area contributed by atoms with Gasteiger partial charge in [-0.2, -0.15) is 0 Å². The van der Waals surface area contributed by atoms with E-state index in [-0.39, 0.29) is 17.9 Å². The number of nitrogens with one attached hydrogen (secondary N) is 2. The highest BCUT2D eigenvalue weighted by Crippen LogP contribution is 2.41. The normalized spacial score (nSPS) is 17.2. The van der Waals surface area contributed by atoms with E-state index in [9.17, 15) is 9.59 Å². The summed E-state index contributed by atoms with van der Waals surface area (Å²) in [5, 5.41) is 14.2. The molecule has 1 saturated carbocycles. The number of hydrogen-bond donors (Lipinski definition) is 3. The minimum atomic E-state index is -0.989. The van der Waals surface area contributed by atoms with E-state index in [0.717, 1.165) is 36.1 Å². The molecule has 3 aromatic rings. The van der Waals surface area contributed by atoms with E-state index < -0.39 is 6.09 Å². The van der Waals surface area contributed by atoms with Gasteiger partial charge in [0.15, 0.2) is 0 Å². The van der Waals surface area contributed by atoms with Crippen molar-refractivity contribution in [1.29, 1.82) is 0 Å². The third-order valence-electron chi connectivity index (χ3n) is 5.43. The molecule has 4 rings (SSSR count). The van der Waals surface area contributed by atoms with Crippen LogP contribution in [0.4, 0.5) is 10.5 Å². The lowest BCUT2D eigenvalue weighted by atomic mass is 10.0. The van der Waals surface area contributed by atoms with Gasteiger partial charge in [0.2, 0.25) is 0 Å². The summed E-state index contributed by atoms with van der Waals surface area (Å²) in [6.07, 6.45) is 1.64. The number of carboxylic acid groups (broad SMARTS) is 1. The fourth-order valence-corrected chi connectivity index (χ4v) is 3.70. The van der Waals surface area contributed by atoms with E-state index >= 15 is 0 Å². The molecule has 2 atom stereocenters. The Labute approximate surface area is 175 Å². The molecule has 0 aliphatic heterocycles. The Morgan fingerprint density at radius 3 is 2.30 bits per heavy atom. The first kappa shape index (κ1) is 19.7. The van der Waals surface area contributed by atoms with Crippen molar-refractivity contribution in [3.8, 4) is 0 Å². The van der Waals surface area contributed by atoms with Gasteiger partial charge < -0.3 is 15.7 Å². The molecule has 2 amide bonds. The predicted molar refractivity (Wildman–Crippen MR) is 117 cm³/mol. The Morgan fingerprint density at radius 1 is 0.867 bits per heavy atom. The van der Waals surface area contributed by atoms with E-state index in [1.54, 1.807) is 0 Å². The van der Waals surface area contributed by atoms with Gasteiger partial charge in [0.05, 0.1) is 0 Å². The maximum absolute atomic E-state index is 12.7. The van der Waals surface area contributed by atoms with E-state index in [1.807, 2.05) is 66.7 Å². The van der Waals surface area contributed by atoms with Gasteiger partial charge in [0.25, 0.3) is 5.91 Å². The monoisotopic (exact) mass is 400 g/mol. The highest BCUT2D eigenvalue weighted by atomic mass is 16.4. The lowest BCUT2D eigenvalue weighted by Gasteiger charge is -2.08. The average molecular weight is 400 g/mol. The zero-order valence-corrected chi connectivity index (χ0v) is 16.5. The van der Waals surface area contributed by atoms with Crippen molar-refractivity contribution >= 4 is 17.7 Å². The minimum absolute atomic E-state index is 0.0124. The number of anilines is 1. The van der Waals surface area contributed by atoms with Crippen LogP contribution in [0.1, 0.15) is 39.4 Å².